The molecule has 190 valence electrons. The maximum absolute atomic E-state index is 15.0. The highest BCUT2D eigenvalue weighted by Crippen LogP contribution is 2.51. The summed E-state index contributed by atoms with van der Waals surface area (Å²) in [6, 6.07) is 18.1. The van der Waals surface area contributed by atoms with Crippen LogP contribution < -0.4 is 9.47 Å². The number of aryl methyl sites for hydroxylation is 1. The summed E-state index contributed by atoms with van der Waals surface area (Å²) in [6.45, 7) is 7.47. The van der Waals surface area contributed by atoms with Crippen molar-refractivity contribution in [3.05, 3.63) is 82.7 Å². The molecule has 0 aliphatic heterocycles. The van der Waals surface area contributed by atoms with Gasteiger partial charge in [-0.3, -0.25) is 0 Å². The van der Waals surface area contributed by atoms with E-state index in [2.05, 4.69) is 57.2 Å². The number of fused-ring (bicyclic) bond motifs is 1. The lowest BCUT2D eigenvalue weighted by Crippen LogP contribution is -2.17. The number of halogens is 1. The lowest BCUT2D eigenvalue weighted by atomic mass is 9.75. The molecule has 0 bridgehead atoms. The Labute approximate surface area is 215 Å². The van der Waals surface area contributed by atoms with E-state index >= 15 is 4.39 Å². The van der Waals surface area contributed by atoms with E-state index in [9.17, 15) is 0 Å². The first-order valence-corrected chi connectivity index (χ1v) is 13.6. The summed E-state index contributed by atoms with van der Waals surface area (Å²) in [7, 11) is 1.63. The zero-order valence-electron chi connectivity index (χ0n) is 22.2. The fourth-order valence-electron chi connectivity index (χ4n) is 6.55. The van der Waals surface area contributed by atoms with Crippen LogP contribution in [0.4, 0.5) is 4.39 Å². The molecule has 3 aromatic rings. The quantitative estimate of drug-likeness (QED) is 0.316. The molecule has 0 spiro atoms. The van der Waals surface area contributed by atoms with Crippen LogP contribution in [0.2, 0.25) is 0 Å². The van der Waals surface area contributed by atoms with E-state index in [-0.39, 0.29) is 11.2 Å². The van der Waals surface area contributed by atoms with E-state index in [1.54, 1.807) is 13.2 Å². The molecule has 3 aromatic carbocycles. The summed E-state index contributed by atoms with van der Waals surface area (Å²) in [5.74, 6) is 2.46. The van der Waals surface area contributed by atoms with Crippen LogP contribution >= 0.6 is 0 Å². The van der Waals surface area contributed by atoms with Crippen molar-refractivity contribution in [3.63, 3.8) is 0 Å². The highest BCUT2D eigenvalue weighted by molar-refractivity contribution is 5.71. The lowest BCUT2D eigenvalue weighted by molar-refractivity contribution is 0.304. The van der Waals surface area contributed by atoms with Crippen LogP contribution in [0.5, 0.6) is 11.5 Å². The van der Waals surface area contributed by atoms with Crippen LogP contribution in [0.15, 0.2) is 54.6 Å². The van der Waals surface area contributed by atoms with E-state index in [1.807, 2.05) is 6.07 Å². The molecule has 2 nitrogen and oxygen atoms in total. The summed E-state index contributed by atoms with van der Waals surface area (Å²) < 4.78 is 26.8. The van der Waals surface area contributed by atoms with Crippen LogP contribution in [0.25, 0.3) is 11.1 Å². The van der Waals surface area contributed by atoms with Gasteiger partial charge in [0, 0.05) is 5.56 Å². The van der Waals surface area contributed by atoms with Crippen molar-refractivity contribution in [3.8, 4) is 22.6 Å². The van der Waals surface area contributed by atoms with E-state index in [1.165, 1.54) is 61.3 Å². The van der Waals surface area contributed by atoms with Gasteiger partial charge >= 0.3 is 0 Å². The van der Waals surface area contributed by atoms with Gasteiger partial charge in [0.15, 0.2) is 0 Å². The fraction of sp³-hybridized carbons (Fsp3) is 0.455. The van der Waals surface area contributed by atoms with Gasteiger partial charge in [0.1, 0.15) is 23.9 Å². The van der Waals surface area contributed by atoms with E-state index in [4.69, 9.17) is 9.47 Å². The number of hydrogen-bond donors (Lipinski definition) is 0. The molecule has 1 saturated carbocycles. The topological polar surface area (TPSA) is 18.5 Å². The SMILES string of the molecule is CCCC1CCc2ccc(OCc3ccc(-c4cc(OC)ccc4F)c(C4CCCC4(C)C)c3)cc21. The molecule has 2 atom stereocenters. The van der Waals surface area contributed by atoms with E-state index < -0.39 is 0 Å². The summed E-state index contributed by atoms with van der Waals surface area (Å²) in [6.07, 6.45) is 8.42. The lowest BCUT2D eigenvalue weighted by Gasteiger charge is -2.30. The first-order chi connectivity index (χ1) is 17.4. The molecular weight excluding hydrogens is 447 g/mol. The van der Waals surface area contributed by atoms with Crippen molar-refractivity contribution >= 4 is 0 Å². The molecule has 36 heavy (non-hydrogen) atoms. The minimum atomic E-state index is -0.211. The third-order valence-corrected chi connectivity index (χ3v) is 8.57. The van der Waals surface area contributed by atoms with Gasteiger partial charge in [0.05, 0.1) is 7.11 Å². The largest absolute Gasteiger partial charge is 0.497 e. The third kappa shape index (κ3) is 4.90. The zero-order valence-corrected chi connectivity index (χ0v) is 22.2. The van der Waals surface area contributed by atoms with E-state index in [0.717, 1.165) is 23.3 Å². The molecule has 2 aliphatic carbocycles. The molecule has 0 amide bonds. The Balaban J connectivity index is 1.45. The minimum absolute atomic E-state index is 0.178. The van der Waals surface area contributed by atoms with Gasteiger partial charge in [-0.25, -0.2) is 4.39 Å². The van der Waals surface area contributed by atoms with Gasteiger partial charge < -0.3 is 9.47 Å². The first-order valence-electron chi connectivity index (χ1n) is 13.6. The Hall–Kier alpha value is -2.81. The van der Waals surface area contributed by atoms with Crippen molar-refractivity contribution in [2.75, 3.05) is 7.11 Å². The maximum atomic E-state index is 15.0. The van der Waals surface area contributed by atoms with Crippen molar-refractivity contribution in [2.24, 2.45) is 5.41 Å². The van der Waals surface area contributed by atoms with Crippen molar-refractivity contribution in [2.45, 2.75) is 84.2 Å². The van der Waals surface area contributed by atoms with Gasteiger partial charge in [-0.05, 0) is 108 Å². The molecule has 2 aliphatic rings. The second-order valence-corrected chi connectivity index (χ2v) is 11.4. The molecule has 5 rings (SSSR count). The van der Waals surface area contributed by atoms with Crippen LogP contribution in [0.3, 0.4) is 0 Å². The number of ether oxygens (including phenoxy) is 2. The smallest absolute Gasteiger partial charge is 0.131 e. The molecule has 3 heteroatoms. The average Bonchev–Trinajstić information content (AvgIpc) is 3.45. The Morgan fingerprint density at radius 1 is 0.917 bits per heavy atom. The Morgan fingerprint density at radius 3 is 2.50 bits per heavy atom. The zero-order chi connectivity index (χ0) is 25.3. The van der Waals surface area contributed by atoms with Crippen molar-refractivity contribution < 1.29 is 13.9 Å². The maximum Gasteiger partial charge on any atom is 0.131 e. The Morgan fingerprint density at radius 2 is 1.75 bits per heavy atom. The fourth-order valence-corrected chi connectivity index (χ4v) is 6.55. The predicted octanol–water partition coefficient (Wildman–Crippen LogP) is 9.20. The van der Waals surface area contributed by atoms with Crippen LogP contribution in [-0.4, -0.2) is 7.11 Å². The van der Waals surface area contributed by atoms with Gasteiger partial charge in [-0.15, -0.1) is 0 Å². The van der Waals surface area contributed by atoms with Gasteiger partial charge in [-0.1, -0.05) is 57.9 Å². The van der Waals surface area contributed by atoms with Crippen LogP contribution in [0, 0.1) is 11.2 Å². The molecule has 0 saturated heterocycles. The molecule has 0 N–H and O–H groups in total. The summed E-state index contributed by atoms with van der Waals surface area (Å²) in [4.78, 5) is 0. The van der Waals surface area contributed by atoms with Gasteiger partial charge in [0.2, 0.25) is 0 Å². The highest BCUT2D eigenvalue weighted by Gasteiger charge is 2.37. The first kappa shape index (κ1) is 24.9. The summed E-state index contributed by atoms with van der Waals surface area (Å²) in [5.41, 5.74) is 7.07. The molecular formula is C33H39FO2. The molecule has 0 radical (unpaired) electrons. The summed E-state index contributed by atoms with van der Waals surface area (Å²) in [5, 5.41) is 0. The van der Waals surface area contributed by atoms with Crippen LogP contribution in [-0.2, 0) is 13.0 Å². The van der Waals surface area contributed by atoms with Crippen molar-refractivity contribution in [1.82, 2.24) is 0 Å². The standard InChI is InChI=1S/C33H39FO2/c1-5-7-23-10-11-24-12-13-26(20-28(23)24)36-21-22-9-15-27(30-19-25(35-4)14-16-32(30)34)29(18-22)31-8-6-17-33(31,2)3/h9,12-16,18-20,23,31H,5-8,10-11,17,21H2,1-4H3. The Bertz CT molecular complexity index is 1230. The number of hydrogen-bond acceptors (Lipinski definition) is 2. The Kier molecular flexibility index (Phi) is 7.10. The molecule has 1 fully saturated rings. The number of rotatable bonds is 8. The highest BCUT2D eigenvalue weighted by atomic mass is 19.1. The van der Waals surface area contributed by atoms with E-state index in [0.29, 0.717) is 29.8 Å². The average molecular weight is 487 g/mol. The second-order valence-electron chi connectivity index (χ2n) is 11.4. The number of benzene rings is 3. The molecule has 0 aromatic heterocycles. The van der Waals surface area contributed by atoms with Gasteiger partial charge in [-0.2, -0.15) is 0 Å². The van der Waals surface area contributed by atoms with Gasteiger partial charge in [0.25, 0.3) is 0 Å². The third-order valence-electron chi connectivity index (χ3n) is 8.57. The monoisotopic (exact) mass is 486 g/mol. The minimum Gasteiger partial charge on any atom is -0.497 e. The van der Waals surface area contributed by atoms with Crippen LogP contribution in [0.1, 0.15) is 93.4 Å². The predicted molar refractivity (Wildman–Crippen MR) is 146 cm³/mol. The normalized spacial score (nSPS) is 20.4. The second kappa shape index (κ2) is 10.3. The number of methoxy groups -OCH3 is 1. The molecule has 0 heterocycles. The summed E-state index contributed by atoms with van der Waals surface area (Å²) >= 11 is 0. The molecule has 2 unspecified atom stereocenters. The van der Waals surface area contributed by atoms with Crippen molar-refractivity contribution in [1.29, 1.82) is 0 Å².